The SMILES string of the molecule is CNC(=O)[C@@H]1C[C@H]2CN(C(=O)c3cncc(C)c3)C[C@H]2N1C(C)=O. The van der Waals surface area contributed by atoms with Crippen molar-refractivity contribution < 1.29 is 14.4 Å². The van der Waals surface area contributed by atoms with Crippen molar-refractivity contribution in [2.75, 3.05) is 20.1 Å². The lowest BCUT2D eigenvalue weighted by molar-refractivity contribution is -0.138. The van der Waals surface area contributed by atoms with Crippen molar-refractivity contribution in [2.45, 2.75) is 32.4 Å². The fraction of sp³-hybridized carbons (Fsp3) is 0.529. The van der Waals surface area contributed by atoms with Gasteiger partial charge in [0.15, 0.2) is 0 Å². The molecule has 1 aromatic rings. The number of likely N-dealkylation sites (N-methyl/N-ethyl adjacent to an activating group) is 1. The molecule has 128 valence electrons. The molecule has 7 nitrogen and oxygen atoms in total. The second-order valence-corrected chi connectivity index (χ2v) is 6.58. The molecule has 0 bridgehead atoms. The summed E-state index contributed by atoms with van der Waals surface area (Å²) in [6.07, 6.45) is 3.88. The van der Waals surface area contributed by atoms with Crippen molar-refractivity contribution in [3.8, 4) is 0 Å². The number of rotatable bonds is 2. The number of pyridine rings is 1. The first kappa shape index (κ1) is 16.4. The van der Waals surface area contributed by atoms with Gasteiger partial charge in [0, 0.05) is 45.4 Å². The van der Waals surface area contributed by atoms with E-state index in [0.29, 0.717) is 25.1 Å². The Kier molecular flexibility index (Phi) is 4.26. The Hall–Kier alpha value is -2.44. The number of amides is 3. The largest absolute Gasteiger partial charge is 0.357 e. The molecule has 0 unspecified atom stereocenters. The van der Waals surface area contributed by atoms with Crippen molar-refractivity contribution in [3.63, 3.8) is 0 Å². The second-order valence-electron chi connectivity index (χ2n) is 6.58. The van der Waals surface area contributed by atoms with E-state index in [9.17, 15) is 14.4 Å². The van der Waals surface area contributed by atoms with Gasteiger partial charge in [-0.2, -0.15) is 0 Å². The van der Waals surface area contributed by atoms with Gasteiger partial charge in [-0.3, -0.25) is 19.4 Å². The number of hydrogen-bond acceptors (Lipinski definition) is 4. The number of hydrogen-bond donors (Lipinski definition) is 1. The van der Waals surface area contributed by atoms with Crippen LogP contribution in [0.15, 0.2) is 18.5 Å². The normalized spacial score (nSPS) is 25.5. The van der Waals surface area contributed by atoms with Gasteiger partial charge in [-0.1, -0.05) is 0 Å². The molecule has 2 saturated heterocycles. The maximum absolute atomic E-state index is 12.7. The Morgan fingerprint density at radius 3 is 2.62 bits per heavy atom. The highest BCUT2D eigenvalue weighted by Crippen LogP contribution is 2.36. The molecule has 1 aromatic heterocycles. The van der Waals surface area contributed by atoms with Crippen LogP contribution in [-0.2, 0) is 9.59 Å². The molecule has 0 radical (unpaired) electrons. The van der Waals surface area contributed by atoms with Gasteiger partial charge in [0.2, 0.25) is 11.8 Å². The number of fused-ring (bicyclic) bond motifs is 1. The van der Waals surface area contributed by atoms with Gasteiger partial charge in [0.1, 0.15) is 6.04 Å². The summed E-state index contributed by atoms with van der Waals surface area (Å²) >= 11 is 0. The minimum atomic E-state index is -0.430. The molecule has 2 aliphatic rings. The summed E-state index contributed by atoms with van der Waals surface area (Å²) in [6, 6.07) is 1.30. The second kappa shape index (κ2) is 6.22. The quantitative estimate of drug-likeness (QED) is 0.840. The minimum Gasteiger partial charge on any atom is -0.357 e. The molecule has 3 atom stereocenters. The summed E-state index contributed by atoms with van der Waals surface area (Å²) in [7, 11) is 1.58. The third kappa shape index (κ3) is 2.74. The molecular formula is C17H22N4O3. The molecule has 3 amide bonds. The minimum absolute atomic E-state index is 0.0689. The first-order valence-electron chi connectivity index (χ1n) is 8.13. The van der Waals surface area contributed by atoms with Gasteiger partial charge in [-0.15, -0.1) is 0 Å². The Morgan fingerprint density at radius 1 is 1.25 bits per heavy atom. The highest BCUT2D eigenvalue weighted by molar-refractivity contribution is 5.94. The summed E-state index contributed by atoms with van der Waals surface area (Å²) in [6.45, 7) is 4.40. The molecule has 0 aromatic carbocycles. The van der Waals surface area contributed by atoms with Crippen LogP contribution in [0.2, 0.25) is 0 Å². The van der Waals surface area contributed by atoms with Crippen LogP contribution in [0.1, 0.15) is 29.3 Å². The van der Waals surface area contributed by atoms with Crippen LogP contribution < -0.4 is 5.32 Å². The maximum Gasteiger partial charge on any atom is 0.255 e. The van der Waals surface area contributed by atoms with Gasteiger partial charge in [0.25, 0.3) is 5.91 Å². The average Bonchev–Trinajstić information content (AvgIpc) is 3.10. The van der Waals surface area contributed by atoms with E-state index in [2.05, 4.69) is 10.3 Å². The summed E-state index contributed by atoms with van der Waals surface area (Å²) in [5, 5.41) is 2.63. The van der Waals surface area contributed by atoms with Crippen LogP contribution in [0.25, 0.3) is 0 Å². The summed E-state index contributed by atoms with van der Waals surface area (Å²) in [4.78, 5) is 44.2. The van der Waals surface area contributed by atoms with Gasteiger partial charge in [0.05, 0.1) is 11.6 Å². The van der Waals surface area contributed by atoms with Crippen LogP contribution in [-0.4, -0.2) is 64.7 Å². The van der Waals surface area contributed by atoms with Crippen molar-refractivity contribution >= 4 is 17.7 Å². The number of aromatic nitrogens is 1. The molecule has 24 heavy (non-hydrogen) atoms. The van der Waals surface area contributed by atoms with E-state index in [-0.39, 0.29) is 29.7 Å². The molecule has 2 aliphatic heterocycles. The lowest BCUT2D eigenvalue weighted by Crippen LogP contribution is -2.49. The number of aryl methyl sites for hydroxylation is 1. The van der Waals surface area contributed by atoms with Gasteiger partial charge >= 0.3 is 0 Å². The van der Waals surface area contributed by atoms with E-state index >= 15 is 0 Å². The summed E-state index contributed by atoms with van der Waals surface area (Å²) in [5.74, 6) is -0.193. The zero-order valence-electron chi connectivity index (χ0n) is 14.2. The Balaban J connectivity index is 1.77. The fourth-order valence-corrected chi connectivity index (χ4v) is 3.91. The number of nitrogens with zero attached hydrogens (tertiary/aromatic N) is 3. The van der Waals surface area contributed by atoms with Crippen molar-refractivity contribution in [1.82, 2.24) is 20.1 Å². The molecule has 0 aliphatic carbocycles. The lowest BCUT2D eigenvalue weighted by Gasteiger charge is -2.28. The number of carbonyl (C=O) groups excluding carboxylic acids is 3. The lowest BCUT2D eigenvalue weighted by atomic mass is 10.0. The fourth-order valence-electron chi connectivity index (χ4n) is 3.91. The molecule has 7 heteroatoms. The van der Waals surface area contributed by atoms with E-state index in [1.807, 2.05) is 13.0 Å². The predicted molar refractivity (Wildman–Crippen MR) is 87.1 cm³/mol. The van der Waals surface area contributed by atoms with Crippen molar-refractivity contribution in [3.05, 3.63) is 29.6 Å². The first-order chi connectivity index (χ1) is 11.4. The molecule has 0 saturated carbocycles. The smallest absolute Gasteiger partial charge is 0.255 e. The van der Waals surface area contributed by atoms with E-state index in [0.717, 1.165) is 5.56 Å². The number of carbonyl (C=O) groups is 3. The Labute approximate surface area is 141 Å². The zero-order valence-corrected chi connectivity index (χ0v) is 14.2. The number of likely N-dealkylation sites (tertiary alicyclic amines) is 2. The third-order valence-corrected chi connectivity index (χ3v) is 4.95. The predicted octanol–water partition coefficient (Wildman–Crippen LogP) is 0.197. The molecule has 1 N–H and O–H groups in total. The van der Waals surface area contributed by atoms with Crippen molar-refractivity contribution in [2.24, 2.45) is 5.92 Å². The molecule has 2 fully saturated rings. The monoisotopic (exact) mass is 330 g/mol. The van der Waals surface area contributed by atoms with E-state index < -0.39 is 6.04 Å². The highest BCUT2D eigenvalue weighted by atomic mass is 16.2. The first-order valence-corrected chi connectivity index (χ1v) is 8.13. The van der Waals surface area contributed by atoms with Crippen LogP contribution in [0.5, 0.6) is 0 Å². The van der Waals surface area contributed by atoms with Crippen LogP contribution in [0, 0.1) is 12.8 Å². The average molecular weight is 330 g/mol. The van der Waals surface area contributed by atoms with Crippen LogP contribution in [0.4, 0.5) is 0 Å². The molecule has 3 rings (SSSR count). The van der Waals surface area contributed by atoms with Crippen LogP contribution >= 0.6 is 0 Å². The van der Waals surface area contributed by atoms with E-state index in [1.54, 1.807) is 29.2 Å². The van der Waals surface area contributed by atoms with Crippen molar-refractivity contribution in [1.29, 1.82) is 0 Å². The van der Waals surface area contributed by atoms with E-state index in [1.165, 1.54) is 6.92 Å². The summed E-state index contributed by atoms with van der Waals surface area (Å²) in [5.41, 5.74) is 1.50. The Morgan fingerprint density at radius 2 is 2.00 bits per heavy atom. The number of nitrogens with one attached hydrogen (secondary N) is 1. The van der Waals surface area contributed by atoms with Gasteiger partial charge < -0.3 is 15.1 Å². The molecule has 0 spiro atoms. The molecular weight excluding hydrogens is 308 g/mol. The Bertz CT molecular complexity index is 690. The third-order valence-electron chi connectivity index (χ3n) is 4.95. The summed E-state index contributed by atoms with van der Waals surface area (Å²) < 4.78 is 0. The highest BCUT2D eigenvalue weighted by Gasteiger charge is 2.50. The molecule has 3 heterocycles. The maximum atomic E-state index is 12.7. The van der Waals surface area contributed by atoms with Gasteiger partial charge in [-0.25, -0.2) is 0 Å². The van der Waals surface area contributed by atoms with Crippen LogP contribution in [0.3, 0.4) is 0 Å². The zero-order chi connectivity index (χ0) is 17.4. The topological polar surface area (TPSA) is 82.6 Å². The van der Waals surface area contributed by atoms with Gasteiger partial charge in [-0.05, 0) is 25.0 Å². The standard InChI is InChI=1S/C17H22N4O3/c1-10-4-12(7-19-6-10)17(24)20-8-13-5-14(16(23)18-3)21(11(2)22)15(13)9-20/h4,6-7,13-15H,5,8-9H2,1-3H3,(H,18,23)/t13-,14-,15+/m0/s1. The van der Waals surface area contributed by atoms with E-state index in [4.69, 9.17) is 0 Å².